The van der Waals surface area contributed by atoms with Crippen LogP contribution in [0.5, 0.6) is 5.75 Å². The molecule has 0 atom stereocenters. The van der Waals surface area contributed by atoms with Gasteiger partial charge in [-0.15, -0.1) is 0 Å². The van der Waals surface area contributed by atoms with Crippen molar-refractivity contribution in [2.24, 2.45) is 0 Å². The molecule has 2 rings (SSSR count). The number of hydrogen-bond acceptors (Lipinski definition) is 4. The van der Waals surface area contributed by atoms with E-state index in [9.17, 15) is 4.79 Å². The van der Waals surface area contributed by atoms with Gasteiger partial charge >= 0.3 is 0 Å². The fourth-order valence-corrected chi connectivity index (χ4v) is 2.33. The van der Waals surface area contributed by atoms with Crippen molar-refractivity contribution in [2.75, 3.05) is 12.4 Å². The monoisotopic (exact) mass is 248 g/mol. The predicted molar refractivity (Wildman–Crippen MR) is 69.6 cm³/mol. The minimum absolute atomic E-state index is 0.175. The highest BCUT2D eigenvalue weighted by Crippen LogP contribution is 2.31. The molecule has 1 aromatic carbocycles. The molecule has 4 nitrogen and oxygen atoms in total. The molecule has 1 aromatic heterocycles. The Morgan fingerprint density at radius 3 is 3.06 bits per heavy atom. The van der Waals surface area contributed by atoms with Gasteiger partial charge in [0, 0.05) is 0 Å². The summed E-state index contributed by atoms with van der Waals surface area (Å²) in [5.74, 6) is 0.538. The Labute approximate surface area is 103 Å². The number of fused-ring (bicyclic) bond motifs is 1. The smallest absolute Gasteiger partial charge is 0.249 e. The molecule has 0 aliphatic carbocycles. The summed E-state index contributed by atoms with van der Waals surface area (Å²) in [7, 11) is 1.60. The van der Waals surface area contributed by atoms with Crippen LogP contribution in [-0.4, -0.2) is 18.0 Å². The van der Waals surface area contributed by atoms with Crippen LogP contribution in [0.3, 0.4) is 0 Å². The average Bonchev–Trinajstić information content (AvgIpc) is 2.70. The van der Waals surface area contributed by atoms with Crippen molar-refractivity contribution in [3.05, 3.63) is 30.4 Å². The van der Waals surface area contributed by atoms with E-state index in [4.69, 9.17) is 4.74 Å². The lowest BCUT2D eigenvalue weighted by atomic mass is 10.3. The second kappa shape index (κ2) is 4.97. The first-order valence-electron chi connectivity index (χ1n) is 5.12. The summed E-state index contributed by atoms with van der Waals surface area (Å²) in [6, 6.07) is 5.69. The van der Waals surface area contributed by atoms with Gasteiger partial charge in [-0.3, -0.25) is 10.1 Å². The van der Waals surface area contributed by atoms with E-state index in [1.165, 1.54) is 17.4 Å². The maximum Gasteiger partial charge on any atom is 0.249 e. The minimum Gasteiger partial charge on any atom is -0.494 e. The van der Waals surface area contributed by atoms with Crippen LogP contribution in [0, 0.1) is 0 Å². The molecule has 1 N–H and O–H groups in total. The highest BCUT2D eigenvalue weighted by atomic mass is 32.1. The molecule has 1 amide bonds. The summed E-state index contributed by atoms with van der Waals surface area (Å²) in [5.41, 5.74) is 0.774. The van der Waals surface area contributed by atoms with E-state index >= 15 is 0 Å². The van der Waals surface area contributed by atoms with Gasteiger partial charge in [-0.2, -0.15) is 0 Å². The SMILES string of the molecule is C/C=C/C(=O)Nc1nc2c(OC)cccc2s1. The lowest BCUT2D eigenvalue weighted by Crippen LogP contribution is -2.06. The number of allylic oxidation sites excluding steroid dienone is 1. The van der Waals surface area contributed by atoms with Crippen molar-refractivity contribution in [3.63, 3.8) is 0 Å². The van der Waals surface area contributed by atoms with Crippen LogP contribution in [0.1, 0.15) is 6.92 Å². The number of methoxy groups -OCH3 is 1. The van der Waals surface area contributed by atoms with Gasteiger partial charge in [0.1, 0.15) is 11.3 Å². The van der Waals surface area contributed by atoms with Crippen LogP contribution in [0.4, 0.5) is 5.13 Å². The van der Waals surface area contributed by atoms with E-state index in [2.05, 4.69) is 10.3 Å². The normalized spacial score (nSPS) is 10.9. The van der Waals surface area contributed by atoms with E-state index in [-0.39, 0.29) is 5.91 Å². The van der Waals surface area contributed by atoms with E-state index in [1.54, 1.807) is 20.1 Å². The fourth-order valence-electron chi connectivity index (χ4n) is 1.44. The first-order chi connectivity index (χ1) is 8.24. The van der Waals surface area contributed by atoms with E-state index in [0.29, 0.717) is 10.9 Å². The first kappa shape index (κ1) is 11.6. The number of rotatable bonds is 3. The summed E-state index contributed by atoms with van der Waals surface area (Å²) >= 11 is 1.42. The fraction of sp³-hybridized carbons (Fsp3) is 0.167. The lowest BCUT2D eigenvalue weighted by molar-refractivity contribution is -0.111. The molecule has 17 heavy (non-hydrogen) atoms. The molecule has 1 heterocycles. The highest BCUT2D eigenvalue weighted by Gasteiger charge is 2.09. The molecule has 0 unspecified atom stereocenters. The third-order valence-electron chi connectivity index (χ3n) is 2.15. The molecule has 0 bridgehead atoms. The first-order valence-corrected chi connectivity index (χ1v) is 5.93. The number of ether oxygens (including phenoxy) is 1. The van der Waals surface area contributed by atoms with Crippen molar-refractivity contribution in [2.45, 2.75) is 6.92 Å². The molecular formula is C12H12N2O2S. The van der Waals surface area contributed by atoms with Gasteiger partial charge in [-0.25, -0.2) is 4.98 Å². The number of thiazole rings is 1. The Kier molecular flexibility index (Phi) is 3.39. The van der Waals surface area contributed by atoms with E-state index in [1.807, 2.05) is 18.2 Å². The molecule has 0 aliphatic heterocycles. The molecule has 88 valence electrons. The number of para-hydroxylation sites is 1. The number of carbonyl (C=O) groups excluding carboxylic acids is 1. The summed E-state index contributed by atoms with van der Waals surface area (Å²) in [4.78, 5) is 15.7. The molecule has 0 aliphatic rings. The number of hydrogen-bond donors (Lipinski definition) is 1. The van der Waals surface area contributed by atoms with Crippen LogP contribution in [0.15, 0.2) is 30.4 Å². The minimum atomic E-state index is -0.175. The van der Waals surface area contributed by atoms with Crippen molar-refractivity contribution < 1.29 is 9.53 Å². The number of carbonyl (C=O) groups is 1. The Bertz CT molecular complexity index is 575. The topological polar surface area (TPSA) is 51.2 Å². The summed E-state index contributed by atoms with van der Waals surface area (Å²) in [5, 5.41) is 3.29. The zero-order valence-corrected chi connectivity index (χ0v) is 10.4. The van der Waals surface area contributed by atoms with Gasteiger partial charge in [0.15, 0.2) is 5.13 Å². The molecule has 0 saturated heterocycles. The number of nitrogens with zero attached hydrogens (tertiary/aromatic N) is 1. The number of amides is 1. The summed E-state index contributed by atoms with van der Waals surface area (Å²) in [6.07, 6.45) is 3.15. The second-order valence-corrected chi connectivity index (χ2v) is 4.35. The Morgan fingerprint density at radius 1 is 1.53 bits per heavy atom. The van der Waals surface area contributed by atoms with Gasteiger partial charge in [0.2, 0.25) is 5.91 Å². The number of nitrogens with one attached hydrogen (secondary N) is 1. The van der Waals surface area contributed by atoms with Crippen LogP contribution in [0.2, 0.25) is 0 Å². The molecular weight excluding hydrogens is 236 g/mol. The van der Waals surface area contributed by atoms with E-state index in [0.717, 1.165) is 10.2 Å². The molecule has 0 saturated carbocycles. The van der Waals surface area contributed by atoms with E-state index < -0.39 is 0 Å². The number of aromatic nitrogens is 1. The van der Waals surface area contributed by atoms with Gasteiger partial charge in [-0.05, 0) is 25.1 Å². The maximum absolute atomic E-state index is 11.4. The third kappa shape index (κ3) is 2.45. The quantitative estimate of drug-likeness (QED) is 0.850. The zero-order valence-electron chi connectivity index (χ0n) is 9.56. The Balaban J connectivity index is 2.34. The van der Waals surface area contributed by atoms with Gasteiger partial charge < -0.3 is 4.74 Å². The third-order valence-corrected chi connectivity index (χ3v) is 3.09. The zero-order chi connectivity index (χ0) is 12.3. The van der Waals surface area contributed by atoms with Crippen molar-refractivity contribution >= 4 is 32.6 Å². The predicted octanol–water partition coefficient (Wildman–Crippen LogP) is 2.82. The summed E-state index contributed by atoms with van der Waals surface area (Å²) < 4.78 is 6.20. The standard InChI is InChI=1S/C12H12N2O2S/c1-3-5-10(15)13-12-14-11-8(16-2)6-4-7-9(11)17-12/h3-7H,1-2H3,(H,13,14,15)/b5-3+. The van der Waals surface area contributed by atoms with Crippen LogP contribution < -0.4 is 10.1 Å². The number of anilines is 1. The molecule has 5 heteroatoms. The van der Waals surface area contributed by atoms with Gasteiger partial charge in [0.05, 0.1) is 11.8 Å². The average molecular weight is 248 g/mol. The van der Waals surface area contributed by atoms with Gasteiger partial charge in [-0.1, -0.05) is 23.5 Å². The Hall–Kier alpha value is -1.88. The van der Waals surface area contributed by atoms with Crippen molar-refractivity contribution in [1.29, 1.82) is 0 Å². The van der Waals surface area contributed by atoms with Crippen LogP contribution >= 0.6 is 11.3 Å². The van der Waals surface area contributed by atoms with Crippen LogP contribution in [0.25, 0.3) is 10.2 Å². The second-order valence-electron chi connectivity index (χ2n) is 3.32. The maximum atomic E-state index is 11.4. The van der Waals surface area contributed by atoms with Crippen LogP contribution in [-0.2, 0) is 4.79 Å². The summed E-state index contributed by atoms with van der Waals surface area (Å²) in [6.45, 7) is 1.79. The van der Waals surface area contributed by atoms with Crippen molar-refractivity contribution in [1.82, 2.24) is 4.98 Å². The molecule has 2 aromatic rings. The number of benzene rings is 1. The highest BCUT2D eigenvalue weighted by molar-refractivity contribution is 7.22. The molecule has 0 spiro atoms. The van der Waals surface area contributed by atoms with Crippen molar-refractivity contribution in [3.8, 4) is 5.75 Å². The largest absolute Gasteiger partial charge is 0.494 e. The van der Waals surface area contributed by atoms with Gasteiger partial charge in [0.25, 0.3) is 0 Å². The Morgan fingerprint density at radius 2 is 2.35 bits per heavy atom. The lowest BCUT2D eigenvalue weighted by Gasteiger charge is -1.98. The molecule has 0 fully saturated rings. The molecule has 0 radical (unpaired) electrons.